The summed E-state index contributed by atoms with van der Waals surface area (Å²) >= 11 is 0. The molecule has 0 aromatic heterocycles. The lowest BCUT2D eigenvalue weighted by atomic mass is 9.44. The molecule has 5 rings (SSSR count). The second kappa shape index (κ2) is 13.1. The van der Waals surface area contributed by atoms with E-state index in [-0.39, 0.29) is 31.0 Å². The number of esters is 1. The molecule has 3 saturated carbocycles. The number of ether oxygens (including phenoxy) is 3. The number of ketones is 2. The molecule has 0 bridgehead atoms. The molecule has 0 amide bonds. The molecule has 12 nitrogen and oxygen atoms in total. The number of aliphatic hydroxyl groups excluding tert-OH is 1. The van der Waals surface area contributed by atoms with Gasteiger partial charge in [0.05, 0.1) is 6.10 Å². The summed E-state index contributed by atoms with van der Waals surface area (Å²) in [4.78, 5) is 67.4. The van der Waals surface area contributed by atoms with E-state index in [1.807, 2.05) is 6.92 Å². The lowest BCUT2D eigenvalue weighted by Gasteiger charge is -2.62. The molecule has 1 aromatic carbocycles. The van der Waals surface area contributed by atoms with Crippen molar-refractivity contribution in [3.05, 3.63) is 63.7 Å². The number of rotatable bonds is 11. The Morgan fingerprint density at radius 1 is 1.19 bits per heavy atom. The Morgan fingerprint density at radius 2 is 1.94 bits per heavy atom. The van der Waals surface area contributed by atoms with Crippen molar-refractivity contribution in [3.63, 3.8) is 0 Å². The summed E-state index contributed by atoms with van der Waals surface area (Å²) in [5.74, 6) is -3.40. The van der Waals surface area contributed by atoms with E-state index >= 15 is 4.39 Å². The topological polar surface area (TPSA) is 169 Å². The van der Waals surface area contributed by atoms with E-state index in [0.717, 1.165) is 0 Å². The minimum Gasteiger partial charge on any atom is -0.450 e. The SMILES string of the molecule is CCCCC(=O)O[C@]1(C(=O)COC(=O)Oc2cccc(CO[N+](=O)[O-])c2)[C@@H](C)CC2C3CCC4=CC(=O)C=C[C@]4(C)[C@@]3(F)[C@@H](O)C[C@@]21C. The fourth-order valence-electron chi connectivity index (χ4n) is 9.13. The van der Waals surface area contributed by atoms with Gasteiger partial charge in [-0.2, -0.15) is 0 Å². The van der Waals surface area contributed by atoms with Gasteiger partial charge in [0, 0.05) is 29.1 Å². The molecule has 48 heavy (non-hydrogen) atoms. The normalized spacial score (nSPS) is 35.0. The fraction of sp³-hybridized carbons (Fsp3) is 0.600. The van der Waals surface area contributed by atoms with E-state index in [9.17, 15) is 34.4 Å². The summed E-state index contributed by atoms with van der Waals surface area (Å²) in [7, 11) is 0. The summed E-state index contributed by atoms with van der Waals surface area (Å²) in [6.07, 6.45) is 3.65. The van der Waals surface area contributed by atoms with Crippen LogP contribution in [0.1, 0.15) is 78.2 Å². The van der Waals surface area contributed by atoms with Crippen LogP contribution in [-0.4, -0.2) is 57.9 Å². The number of Topliss-reactive ketones (excluding diaryl/α,β-unsaturated/α-hetero) is 1. The summed E-state index contributed by atoms with van der Waals surface area (Å²) < 4.78 is 34.3. The number of fused-ring (bicyclic) bond motifs is 5. The van der Waals surface area contributed by atoms with Gasteiger partial charge in [-0.05, 0) is 74.8 Å². The van der Waals surface area contributed by atoms with Crippen LogP contribution in [0.25, 0.3) is 0 Å². The monoisotopic (exact) mass is 671 g/mol. The average molecular weight is 672 g/mol. The van der Waals surface area contributed by atoms with Crippen LogP contribution in [0.4, 0.5) is 9.18 Å². The van der Waals surface area contributed by atoms with Gasteiger partial charge in [-0.25, -0.2) is 9.18 Å². The fourth-order valence-corrected chi connectivity index (χ4v) is 9.13. The van der Waals surface area contributed by atoms with Crippen molar-refractivity contribution in [1.29, 1.82) is 0 Å². The first-order valence-corrected chi connectivity index (χ1v) is 16.4. The number of unbranched alkanes of at least 4 members (excludes halogenated alkanes) is 1. The number of carbonyl (C=O) groups excluding carboxylic acids is 4. The molecule has 0 heterocycles. The van der Waals surface area contributed by atoms with Crippen molar-refractivity contribution in [3.8, 4) is 5.75 Å². The highest BCUT2D eigenvalue weighted by Crippen LogP contribution is 2.71. The predicted octanol–water partition coefficient (Wildman–Crippen LogP) is 5.57. The molecule has 1 aromatic rings. The molecule has 4 aliphatic carbocycles. The Kier molecular flexibility index (Phi) is 9.57. The van der Waals surface area contributed by atoms with E-state index in [0.29, 0.717) is 43.2 Å². The minimum absolute atomic E-state index is 0.00812. The highest BCUT2D eigenvalue weighted by atomic mass is 19.1. The number of benzene rings is 1. The van der Waals surface area contributed by atoms with E-state index < -0.39 is 75.6 Å². The lowest BCUT2D eigenvalue weighted by molar-refractivity contribution is -0.763. The molecule has 13 heteroatoms. The highest BCUT2D eigenvalue weighted by Gasteiger charge is 2.77. The molecule has 0 spiro atoms. The van der Waals surface area contributed by atoms with E-state index in [2.05, 4.69) is 4.84 Å². The second-order valence-electron chi connectivity index (χ2n) is 13.9. The largest absolute Gasteiger partial charge is 0.514 e. The smallest absolute Gasteiger partial charge is 0.450 e. The van der Waals surface area contributed by atoms with E-state index in [1.165, 1.54) is 36.4 Å². The Hall–Kier alpha value is -4.13. The maximum Gasteiger partial charge on any atom is 0.514 e. The summed E-state index contributed by atoms with van der Waals surface area (Å²) in [6.45, 7) is 5.91. The van der Waals surface area contributed by atoms with Crippen molar-refractivity contribution in [2.24, 2.45) is 28.6 Å². The molecule has 0 radical (unpaired) electrons. The third kappa shape index (κ3) is 5.69. The molecule has 1 N–H and O–H groups in total. The van der Waals surface area contributed by atoms with Crippen LogP contribution >= 0.6 is 0 Å². The Bertz CT molecular complexity index is 1560. The minimum atomic E-state index is -2.15. The molecular formula is C35H42FNO11. The molecule has 0 aliphatic heterocycles. The Balaban J connectivity index is 1.42. The van der Waals surface area contributed by atoms with Gasteiger partial charge in [0.15, 0.2) is 23.7 Å². The van der Waals surface area contributed by atoms with Gasteiger partial charge in [-0.3, -0.25) is 14.4 Å². The number of nitrogens with zero attached hydrogens (tertiary/aromatic N) is 1. The number of hydrogen-bond donors (Lipinski definition) is 1. The van der Waals surface area contributed by atoms with Crippen LogP contribution in [0.15, 0.2) is 48.1 Å². The zero-order valence-electron chi connectivity index (χ0n) is 27.6. The number of aliphatic hydroxyl groups is 1. The molecule has 3 fully saturated rings. The van der Waals surface area contributed by atoms with E-state index in [1.54, 1.807) is 26.8 Å². The first-order valence-electron chi connectivity index (χ1n) is 16.4. The predicted molar refractivity (Wildman–Crippen MR) is 166 cm³/mol. The van der Waals surface area contributed by atoms with Gasteiger partial charge in [-0.1, -0.05) is 51.0 Å². The number of alkyl halides is 1. The van der Waals surface area contributed by atoms with Gasteiger partial charge in [0.25, 0.3) is 5.09 Å². The van der Waals surface area contributed by atoms with Crippen LogP contribution in [0.2, 0.25) is 0 Å². The van der Waals surface area contributed by atoms with Gasteiger partial charge in [0.1, 0.15) is 12.4 Å². The number of carbonyl (C=O) groups is 4. The Morgan fingerprint density at radius 3 is 2.65 bits per heavy atom. The standard InChI is InChI=1S/C35H42FNO11/c1-5-6-10-30(41)48-35(29(40)20-45-31(42)47-25-9-7-8-22(16-25)19-46-37(43)44)21(2)15-27-26-12-11-23-17-24(38)13-14-32(23,3)34(26,36)28(39)18-33(27,35)4/h7-9,13-14,16-17,21,26-28,39H,5-6,10-12,15,18-20H2,1-4H3/t21-,26?,27?,28-,32-,33-,34-,35-/m0/s1. The van der Waals surface area contributed by atoms with Crippen LogP contribution in [0.3, 0.4) is 0 Å². The number of halogens is 1. The Labute approximate surface area is 277 Å². The zero-order valence-corrected chi connectivity index (χ0v) is 27.6. The van der Waals surface area contributed by atoms with Crippen molar-refractivity contribution < 1.29 is 52.8 Å². The van der Waals surface area contributed by atoms with Crippen molar-refractivity contribution in [2.45, 2.75) is 96.6 Å². The van der Waals surface area contributed by atoms with Crippen molar-refractivity contribution in [1.82, 2.24) is 0 Å². The second-order valence-corrected chi connectivity index (χ2v) is 13.9. The first kappa shape index (κ1) is 35.2. The van der Waals surface area contributed by atoms with Crippen molar-refractivity contribution >= 4 is 23.7 Å². The molecular weight excluding hydrogens is 629 g/mol. The van der Waals surface area contributed by atoms with Crippen molar-refractivity contribution in [2.75, 3.05) is 6.61 Å². The highest BCUT2D eigenvalue weighted by molar-refractivity contribution is 6.01. The molecule has 2 unspecified atom stereocenters. The van der Waals surface area contributed by atoms with Gasteiger partial charge < -0.3 is 24.2 Å². The summed E-state index contributed by atoms with van der Waals surface area (Å²) in [6, 6.07) is 5.77. The number of hydrogen-bond acceptors (Lipinski definition) is 11. The molecule has 8 atom stereocenters. The maximum atomic E-state index is 17.7. The zero-order chi connectivity index (χ0) is 35.1. The van der Waals surface area contributed by atoms with Gasteiger partial charge in [0.2, 0.25) is 5.78 Å². The average Bonchev–Trinajstić information content (AvgIpc) is 3.25. The molecule has 0 saturated heterocycles. The third-order valence-electron chi connectivity index (χ3n) is 11.4. The van der Waals surface area contributed by atoms with Crippen LogP contribution < -0.4 is 4.74 Å². The van der Waals surface area contributed by atoms with E-state index in [4.69, 9.17) is 14.2 Å². The first-order chi connectivity index (χ1) is 22.6. The summed E-state index contributed by atoms with van der Waals surface area (Å²) in [5, 5.41) is 21.3. The van der Waals surface area contributed by atoms with Gasteiger partial charge in [-0.15, -0.1) is 10.1 Å². The van der Waals surface area contributed by atoms with Crippen LogP contribution in [-0.2, 0) is 35.3 Å². The lowest BCUT2D eigenvalue weighted by Crippen LogP contribution is -2.70. The van der Waals surface area contributed by atoms with Crippen LogP contribution in [0.5, 0.6) is 5.75 Å². The number of allylic oxidation sites excluding steroid dienone is 4. The van der Waals surface area contributed by atoms with Crippen LogP contribution in [0, 0.1) is 38.7 Å². The van der Waals surface area contributed by atoms with Gasteiger partial charge >= 0.3 is 12.1 Å². The molecule has 260 valence electrons. The maximum absolute atomic E-state index is 17.7. The third-order valence-corrected chi connectivity index (χ3v) is 11.4. The quantitative estimate of drug-likeness (QED) is 0.135. The molecule has 4 aliphatic rings. The summed E-state index contributed by atoms with van der Waals surface area (Å²) in [5.41, 5.74) is -5.49.